The van der Waals surface area contributed by atoms with Gasteiger partial charge in [-0.2, -0.15) is 0 Å². The summed E-state index contributed by atoms with van der Waals surface area (Å²) in [5.74, 6) is -0.0724. The van der Waals surface area contributed by atoms with Crippen molar-refractivity contribution in [3.63, 3.8) is 0 Å². The minimum absolute atomic E-state index is 0.0724. The third-order valence-corrected chi connectivity index (χ3v) is 8.94. The lowest BCUT2D eigenvalue weighted by Crippen LogP contribution is -2.45. The quantitative estimate of drug-likeness (QED) is 0.0488. The van der Waals surface area contributed by atoms with Crippen LogP contribution in [0.15, 0.2) is 24.3 Å². The number of rotatable bonds is 35. The number of aliphatic hydroxyl groups is 2. The summed E-state index contributed by atoms with van der Waals surface area (Å²) in [5.41, 5.74) is 0. The highest BCUT2D eigenvalue weighted by Crippen LogP contribution is 2.15. The van der Waals surface area contributed by atoms with Gasteiger partial charge >= 0.3 is 0 Å². The van der Waals surface area contributed by atoms with Gasteiger partial charge in [-0.15, -0.1) is 0 Å². The molecule has 0 fully saturated rings. The monoisotopic (exact) mass is 620 g/mol. The van der Waals surface area contributed by atoms with E-state index < -0.39 is 12.1 Å². The van der Waals surface area contributed by atoms with Crippen molar-refractivity contribution in [3.8, 4) is 0 Å². The van der Waals surface area contributed by atoms with Gasteiger partial charge in [0.15, 0.2) is 0 Å². The molecule has 0 aromatic heterocycles. The lowest BCUT2D eigenvalue weighted by Gasteiger charge is -2.19. The average molecular weight is 620 g/mol. The van der Waals surface area contributed by atoms with Crippen molar-refractivity contribution in [3.05, 3.63) is 24.3 Å². The van der Waals surface area contributed by atoms with Crippen LogP contribution in [-0.2, 0) is 4.79 Å². The van der Waals surface area contributed by atoms with Crippen molar-refractivity contribution in [1.82, 2.24) is 5.32 Å². The predicted octanol–water partition coefficient (Wildman–Crippen LogP) is 11.7. The maximum Gasteiger partial charge on any atom is 0.220 e. The summed E-state index contributed by atoms with van der Waals surface area (Å²) in [4.78, 5) is 12.3. The van der Waals surface area contributed by atoms with Gasteiger partial charge in [-0.05, 0) is 32.1 Å². The predicted molar refractivity (Wildman–Crippen MR) is 193 cm³/mol. The Morgan fingerprint density at radius 3 is 1.32 bits per heavy atom. The maximum atomic E-state index is 12.3. The molecule has 0 aliphatic heterocycles. The third-order valence-electron chi connectivity index (χ3n) is 8.94. The molecule has 3 N–H and O–H groups in total. The number of carbonyl (C=O) groups is 1. The van der Waals surface area contributed by atoms with Gasteiger partial charge in [-0.3, -0.25) is 4.79 Å². The highest BCUT2D eigenvalue weighted by Gasteiger charge is 2.17. The summed E-state index contributed by atoms with van der Waals surface area (Å²) in [6.07, 6.45) is 45.5. The number of carbonyl (C=O) groups excluding carboxylic acids is 1. The van der Waals surface area contributed by atoms with Crippen LogP contribution < -0.4 is 5.32 Å². The molecule has 0 radical (unpaired) electrons. The summed E-state index contributed by atoms with van der Waals surface area (Å²) in [6.45, 7) is 4.30. The highest BCUT2D eigenvalue weighted by atomic mass is 16.3. The van der Waals surface area contributed by atoms with Gasteiger partial charge in [0.25, 0.3) is 0 Å². The van der Waals surface area contributed by atoms with Crippen LogP contribution in [0.25, 0.3) is 0 Å². The molecular weight excluding hydrogens is 542 g/mol. The van der Waals surface area contributed by atoms with Crippen LogP contribution in [0.5, 0.6) is 0 Å². The van der Waals surface area contributed by atoms with Crippen molar-refractivity contribution in [2.24, 2.45) is 0 Å². The Morgan fingerprint density at radius 1 is 0.523 bits per heavy atom. The number of aliphatic hydroxyl groups excluding tert-OH is 2. The van der Waals surface area contributed by atoms with Gasteiger partial charge < -0.3 is 15.5 Å². The van der Waals surface area contributed by atoms with Crippen molar-refractivity contribution in [2.75, 3.05) is 6.61 Å². The van der Waals surface area contributed by atoms with Crippen LogP contribution in [0.3, 0.4) is 0 Å². The first-order valence-electron chi connectivity index (χ1n) is 19.6. The van der Waals surface area contributed by atoms with E-state index in [0.29, 0.717) is 6.42 Å². The fraction of sp³-hybridized carbons (Fsp3) is 0.875. The largest absolute Gasteiger partial charge is 0.394 e. The molecule has 4 heteroatoms. The molecular formula is C40H77NO3. The molecule has 44 heavy (non-hydrogen) atoms. The molecule has 1 amide bonds. The summed E-state index contributed by atoms with van der Waals surface area (Å²) in [5, 5.41) is 22.9. The number of unbranched alkanes of at least 4 members (excludes halogenated alkanes) is 26. The number of hydrogen-bond acceptors (Lipinski definition) is 3. The first-order valence-corrected chi connectivity index (χ1v) is 19.6. The smallest absolute Gasteiger partial charge is 0.220 e. The van der Waals surface area contributed by atoms with E-state index in [2.05, 4.69) is 31.3 Å². The van der Waals surface area contributed by atoms with Gasteiger partial charge in [0.2, 0.25) is 5.91 Å². The van der Waals surface area contributed by atoms with Gasteiger partial charge in [0.05, 0.1) is 18.8 Å². The molecule has 260 valence electrons. The maximum absolute atomic E-state index is 12.3. The number of amides is 1. The molecule has 0 rings (SSSR count). The number of nitrogens with one attached hydrogen (secondary N) is 1. The van der Waals surface area contributed by atoms with E-state index in [0.717, 1.165) is 32.1 Å². The van der Waals surface area contributed by atoms with Gasteiger partial charge in [-0.1, -0.05) is 192 Å². The molecule has 0 aliphatic rings. The second kappa shape index (κ2) is 36.3. The van der Waals surface area contributed by atoms with E-state index in [1.165, 1.54) is 154 Å². The Bertz CT molecular complexity index is 632. The molecule has 0 aromatic carbocycles. The molecule has 0 heterocycles. The zero-order valence-corrected chi connectivity index (χ0v) is 29.7. The Hall–Kier alpha value is -1.13. The lowest BCUT2D eigenvalue weighted by atomic mass is 10.0. The van der Waals surface area contributed by atoms with Crippen LogP contribution in [0, 0.1) is 0 Å². The van der Waals surface area contributed by atoms with Crippen LogP contribution in [0.2, 0.25) is 0 Å². The molecule has 2 unspecified atom stereocenters. The standard InChI is InChI=1S/C40H77NO3/c1-3-5-7-9-11-13-15-17-19-21-23-25-27-29-31-33-35-39(43)38(37-42)41-40(44)36-34-32-30-28-26-24-22-20-18-16-14-12-10-8-6-4-2/h25,27,33,35,38-39,42-43H,3-24,26,28-32,34,36-37H2,1-2H3,(H,41,44)/b27-25+,35-33+. The van der Waals surface area contributed by atoms with Gasteiger partial charge in [0, 0.05) is 6.42 Å². The minimum atomic E-state index is -0.856. The van der Waals surface area contributed by atoms with E-state index in [1.54, 1.807) is 6.08 Å². The molecule has 0 aliphatic carbocycles. The lowest BCUT2D eigenvalue weighted by molar-refractivity contribution is -0.123. The average Bonchev–Trinajstić information content (AvgIpc) is 3.03. The van der Waals surface area contributed by atoms with Crippen molar-refractivity contribution >= 4 is 5.91 Å². The van der Waals surface area contributed by atoms with Crippen molar-refractivity contribution in [2.45, 2.75) is 219 Å². The zero-order valence-electron chi connectivity index (χ0n) is 29.7. The van der Waals surface area contributed by atoms with Crippen molar-refractivity contribution in [1.29, 1.82) is 0 Å². The Morgan fingerprint density at radius 2 is 0.886 bits per heavy atom. The normalized spacial score (nSPS) is 13.3. The second-order valence-electron chi connectivity index (χ2n) is 13.3. The van der Waals surface area contributed by atoms with Crippen molar-refractivity contribution < 1.29 is 15.0 Å². The van der Waals surface area contributed by atoms with Crippen LogP contribution in [0.4, 0.5) is 0 Å². The first kappa shape index (κ1) is 42.9. The molecule has 2 atom stereocenters. The first-order chi connectivity index (χ1) is 21.7. The summed E-state index contributed by atoms with van der Waals surface area (Å²) >= 11 is 0. The van der Waals surface area contributed by atoms with E-state index in [-0.39, 0.29) is 12.5 Å². The summed E-state index contributed by atoms with van der Waals surface area (Å²) < 4.78 is 0. The Labute approximate surface area is 275 Å². The Kier molecular flexibility index (Phi) is 35.4. The van der Waals surface area contributed by atoms with Crippen LogP contribution >= 0.6 is 0 Å². The highest BCUT2D eigenvalue weighted by molar-refractivity contribution is 5.76. The zero-order chi connectivity index (χ0) is 32.2. The molecule has 0 spiro atoms. The van der Waals surface area contributed by atoms with E-state index in [1.807, 2.05) is 6.08 Å². The minimum Gasteiger partial charge on any atom is -0.394 e. The second-order valence-corrected chi connectivity index (χ2v) is 13.3. The van der Waals surface area contributed by atoms with E-state index >= 15 is 0 Å². The fourth-order valence-corrected chi connectivity index (χ4v) is 5.90. The third kappa shape index (κ3) is 32.3. The van der Waals surface area contributed by atoms with Gasteiger partial charge in [-0.25, -0.2) is 0 Å². The molecule has 0 saturated carbocycles. The molecule has 4 nitrogen and oxygen atoms in total. The molecule has 0 bridgehead atoms. The number of allylic oxidation sites excluding steroid dienone is 3. The topological polar surface area (TPSA) is 69.6 Å². The van der Waals surface area contributed by atoms with E-state index in [4.69, 9.17) is 0 Å². The molecule has 0 aromatic rings. The fourth-order valence-electron chi connectivity index (χ4n) is 5.90. The van der Waals surface area contributed by atoms with Crippen LogP contribution in [0.1, 0.15) is 206 Å². The SMILES string of the molecule is CCCCCCCCCCCC/C=C/CC/C=C/C(O)C(CO)NC(=O)CCCCCCCCCCCCCCCCCC. The van der Waals surface area contributed by atoms with Gasteiger partial charge in [0.1, 0.15) is 0 Å². The number of hydrogen-bond donors (Lipinski definition) is 3. The molecule has 0 saturated heterocycles. The van der Waals surface area contributed by atoms with E-state index in [9.17, 15) is 15.0 Å². The summed E-state index contributed by atoms with van der Waals surface area (Å²) in [7, 11) is 0. The van der Waals surface area contributed by atoms with Crippen LogP contribution in [-0.4, -0.2) is 34.9 Å². The Balaban J connectivity index is 3.63. The summed E-state index contributed by atoms with van der Waals surface area (Å²) in [6, 6.07) is -0.633.